The Morgan fingerprint density at radius 1 is 1.19 bits per heavy atom. The third-order valence-electron chi connectivity index (χ3n) is 3.26. The van der Waals surface area contributed by atoms with E-state index in [9.17, 15) is 18.3 Å². The summed E-state index contributed by atoms with van der Waals surface area (Å²) in [5, 5.41) is 10.2. The van der Waals surface area contributed by atoms with Gasteiger partial charge in [-0.2, -0.15) is 13.2 Å². The zero-order valence-corrected chi connectivity index (χ0v) is 11.8. The van der Waals surface area contributed by atoms with Crippen molar-refractivity contribution in [1.82, 2.24) is 9.55 Å². The summed E-state index contributed by atoms with van der Waals surface area (Å²) in [5.41, 5.74) is -0.268. The first-order valence-electron chi connectivity index (χ1n) is 6.65. The number of halogens is 3. The Labute approximate surface area is 121 Å². The van der Waals surface area contributed by atoms with E-state index in [1.807, 2.05) is 18.4 Å². The lowest BCUT2D eigenvalue weighted by atomic mass is 10.1. The Hall–Kier alpha value is -1.82. The summed E-state index contributed by atoms with van der Waals surface area (Å²) < 4.78 is 39.3. The molecule has 0 radical (unpaired) electrons. The molecule has 1 heterocycles. The van der Waals surface area contributed by atoms with E-state index in [4.69, 9.17) is 0 Å². The molecule has 0 aliphatic rings. The number of aliphatic hydroxyl groups excluding tert-OH is 1. The van der Waals surface area contributed by atoms with E-state index >= 15 is 0 Å². The predicted molar refractivity (Wildman–Crippen MR) is 72.7 cm³/mol. The molecule has 1 aromatic carbocycles. The van der Waals surface area contributed by atoms with Crippen molar-refractivity contribution < 1.29 is 18.3 Å². The van der Waals surface area contributed by atoms with Gasteiger partial charge in [-0.25, -0.2) is 4.98 Å². The third kappa shape index (κ3) is 3.64. The van der Waals surface area contributed by atoms with Gasteiger partial charge in [-0.3, -0.25) is 0 Å². The fourth-order valence-corrected chi connectivity index (χ4v) is 2.16. The maximum atomic E-state index is 12.5. The van der Waals surface area contributed by atoms with Gasteiger partial charge >= 0.3 is 6.18 Å². The van der Waals surface area contributed by atoms with Crippen LogP contribution in [0.4, 0.5) is 13.2 Å². The van der Waals surface area contributed by atoms with Crippen LogP contribution in [-0.2, 0) is 12.7 Å². The molecule has 0 saturated heterocycles. The Kier molecular flexibility index (Phi) is 4.37. The minimum absolute atomic E-state index is 0.208. The Bertz CT molecular complexity index is 588. The summed E-state index contributed by atoms with van der Waals surface area (Å²) in [6.07, 6.45) is -1.84. The molecule has 0 amide bonds. The first kappa shape index (κ1) is 15.6. The van der Waals surface area contributed by atoms with Crippen molar-refractivity contribution in [1.29, 1.82) is 0 Å². The number of imidazole rings is 1. The van der Waals surface area contributed by atoms with Crippen LogP contribution in [0, 0.1) is 0 Å². The van der Waals surface area contributed by atoms with Gasteiger partial charge in [0.1, 0.15) is 5.82 Å². The summed E-state index contributed by atoms with van der Waals surface area (Å²) in [5.74, 6) is 1.04. The van der Waals surface area contributed by atoms with Gasteiger partial charge in [0, 0.05) is 18.3 Å². The number of benzene rings is 1. The number of hydrogen-bond donors (Lipinski definition) is 1. The van der Waals surface area contributed by atoms with Gasteiger partial charge < -0.3 is 9.67 Å². The molecule has 1 aromatic heterocycles. The summed E-state index contributed by atoms with van der Waals surface area (Å²) in [6, 6.07) is 4.57. The van der Waals surface area contributed by atoms with E-state index in [1.54, 1.807) is 12.4 Å². The average Bonchev–Trinajstić information content (AvgIpc) is 2.86. The molecule has 6 heteroatoms. The number of aliphatic hydroxyl groups is 1. The molecule has 114 valence electrons. The molecule has 0 aliphatic carbocycles. The SMILES string of the molecule is CC(C)c1nccn1CC(O)c1ccc(C(F)(F)F)cc1. The second-order valence-corrected chi connectivity index (χ2v) is 5.23. The Balaban J connectivity index is 2.13. The van der Waals surface area contributed by atoms with Crippen molar-refractivity contribution >= 4 is 0 Å². The van der Waals surface area contributed by atoms with Gasteiger partial charge in [0.25, 0.3) is 0 Å². The lowest BCUT2D eigenvalue weighted by molar-refractivity contribution is -0.137. The highest BCUT2D eigenvalue weighted by Gasteiger charge is 2.30. The monoisotopic (exact) mass is 298 g/mol. The highest BCUT2D eigenvalue weighted by molar-refractivity contribution is 5.26. The molecule has 1 N–H and O–H groups in total. The molecule has 0 spiro atoms. The molecule has 0 aliphatic heterocycles. The van der Waals surface area contributed by atoms with Crippen molar-refractivity contribution in [3.8, 4) is 0 Å². The lowest BCUT2D eigenvalue weighted by Crippen LogP contribution is -2.12. The number of nitrogens with zero attached hydrogens (tertiary/aromatic N) is 2. The van der Waals surface area contributed by atoms with Crippen LogP contribution in [-0.4, -0.2) is 14.7 Å². The predicted octanol–water partition coefficient (Wildman–Crippen LogP) is 3.76. The highest BCUT2D eigenvalue weighted by Crippen LogP contribution is 2.30. The van der Waals surface area contributed by atoms with E-state index in [-0.39, 0.29) is 12.5 Å². The first-order chi connectivity index (χ1) is 9.79. The van der Waals surface area contributed by atoms with Crippen molar-refractivity contribution in [2.24, 2.45) is 0 Å². The van der Waals surface area contributed by atoms with Crippen molar-refractivity contribution in [3.05, 3.63) is 53.6 Å². The zero-order chi connectivity index (χ0) is 15.6. The molecule has 0 bridgehead atoms. The normalized spacial score (nSPS) is 13.7. The van der Waals surface area contributed by atoms with E-state index < -0.39 is 17.8 Å². The highest BCUT2D eigenvalue weighted by atomic mass is 19.4. The molecular formula is C15H17F3N2O. The minimum Gasteiger partial charge on any atom is -0.387 e. The summed E-state index contributed by atoms with van der Waals surface area (Å²) >= 11 is 0. The van der Waals surface area contributed by atoms with Gasteiger partial charge in [-0.1, -0.05) is 26.0 Å². The molecular weight excluding hydrogens is 281 g/mol. The quantitative estimate of drug-likeness (QED) is 0.933. The molecule has 2 aromatic rings. The second-order valence-electron chi connectivity index (χ2n) is 5.23. The van der Waals surface area contributed by atoms with Crippen LogP contribution in [0.5, 0.6) is 0 Å². The molecule has 2 rings (SSSR count). The number of rotatable bonds is 4. The van der Waals surface area contributed by atoms with Gasteiger partial charge in [-0.05, 0) is 17.7 Å². The van der Waals surface area contributed by atoms with Gasteiger partial charge in [0.15, 0.2) is 0 Å². The lowest BCUT2D eigenvalue weighted by Gasteiger charge is -2.16. The molecule has 0 fully saturated rings. The molecule has 1 unspecified atom stereocenters. The van der Waals surface area contributed by atoms with Crippen LogP contribution in [0.1, 0.15) is 42.8 Å². The first-order valence-corrected chi connectivity index (χ1v) is 6.65. The van der Waals surface area contributed by atoms with E-state index in [0.29, 0.717) is 5.56 Å². The Morgan fingerprint density at radius 3 is 2.33 bits per heavy atom. The van der Waals surface area contributed by atoms with Gasteiger partial charge in [-0.15, -0.1) is 0 Å². The average molecular weight is 298 g/mol. The largest absolute Gasteiger partial charge is 0.416 e. The van der Waals surface area contributed by atoms with Gasteiger partial charge in [0.2, 0.25) is 0 Å². The maximum absolute atomic E-state index is 12.5. The number of alkyl halides is 3. The number of hydrogen-bond acceptors (Lipinski definition) is 2. The summed E-state index contributed by atoms with van der Waals surface area (Å²) in [4.78, 5) is 4.21. The summed E-state index contributed by atoms with van der Waals surface area (Å²) in [6.45, 7) is 4.24. The molecule has 21 heavy (non-hydrogen) atoms. The third-order valence-corrected chi connectivity index (χ3v) is 3.26. The van der Waals surface area contributed by atoms with E-state index in [2.05, 4.69) is 4.98 Å². The minimum atomic E-state index is -4.36. The Morgan fingerprint density at radius 2 is 1.81 bits per heavy atom. The van der Waals surface area contributed by atoms with E-state index in [0.717, 1.165) is 18.0 Å². The van der Waals surface area contributed by atoms with Crippen LogP contribution in [0.2, 0.25) is 0 Å². The topological polar surface area (TPSA) is 38.0 Å². The maximum Gasteiger partial charge on any atom is 0.416 e. The smallest absolute Gasteiger partial charge is 0.387 e. The van der Waals surface area contributed by atoms with Crippen LogP contribution in [0.25, 0.3) is 0 Å². The zero-order valence-electron chi connectivity index (χ0n) is 11.8. The van der Waals surface area contributed by atoms with Crippen molar-refractivity contribution in [2.75, 3.05) is 0 Å². The standard InChI is InChI=1S/C15H17F3N2O/c1-10(2)14-19-7-8-20(14)9-13(21)11-3-5-12(6-4-11)15(16,17)18/h3-8,10,13,21H,9H2,1-2H3. The van der Waals surface area contributed by atoms with Crippen LogP contribution >= 0.6 is 0 Å². The van der Waals surface area contributed by atoms with Crippen molar-refractivity contribution in [2.45, 2.75) is 38.6 Å². The van der Waals surface area contributed by atoms with E-state index in [1.165, 1.54) is 12.1 Å². The summed E-state index contributed by atoms with van der Waals surface area (Å²) in [7, 11) is 0. The fraction of sp³-hybridized carbons (Fsp3) is 0.400. The molecule has 3 nitrogen and oxygen atoms in total. The molecule has 1 atom stereocenters. The van der Waals surface area contributed by atoms with Gasteiger partial charge in [0.05, 0.1) is 18.2 Å². The molecule has 0 saturated carbocycles. The van der Waals surface area contributed by atoms with Crippen molar-refractivity contribution in [3.63, 3.8) is 0 Å². The number of aromatic nitrogens is 2. The van der Waals surface area contributed by atoms with Crippen LogP contribution in [0.15, 0.2) is 36.7 Å². The second kappa shape index (κ2) is 5.89. The van der Waals surface area contributed by atoms with Crippen LogP contribution in [0.3, 0.4) is 0 Å². The van der Waals surface area contributed by atoms with Crippen LogP contribution < -0.4 is 0 Å². The fourth-order valence-electron chi connectivity index (χ4n) is 2.16.